The van der Waals surface area contributed by atoms with Crippen molar-refractivity contribution in [1.82, 2.24) is 5.48 Å². The molecule has 4 aliphatic rings. The van der Waals surface area contributed by atoms with Gasteiger partial charge in [0.2, 0.25) is 0 Å². The molecule has 0 saturated heterocycles. The quantitative estimate of drug-likeness (QED) is 0.376. The fourth-order valence-electron chi connectivity index (χ4n) is 6.70. The zero-order valence-corrected chi connectivity index (χ0v) is 20.4. The lowest BCUT2D eigenvalue weighted by atomic mass is 9.49. The molecule has 2 saturated carbocycles. The summed E-state index contributed by atoms with van der Waals surface area (Å²) in [7, 11) is 0. The minimum absolute atomic E-state index is 0.234. The zero-order valence-electron chi connectivity index (χ0n) is 19.6. The van der Waals surface area contributed by atoms with Crippen LogP contribution in [-0.2, 0) is 13.8 Å². The summed E-state index contributed by atoms with van der Waals surface area (Å²) in [5.41, 5.74) is 3.75. The van der Waals surface area contributed by atoms with Gasteiger partial charge in [-0.05, 0) is 85.2 Å². The zero-order chi connectivity index (χ0) is 22.4. The Labute approximate surface area is 190 Å². The van der Waals surface area contributed by atoms with Gasteiger partial charge < -0.3 is 9.02 Å². The summed E-state index contributed by atoms with van der Waals surface area (Å²) in [5.74, 6) is 2.12. The van der Waals surface area contributed by atoms with Crippen LogP contribution in [0.4, 0.5) is 4.79 Å². The number of hydrogen-bond acceptors (Lipinski definition) is 5. The average Bonchev–Trinajstić information content (AvgIpc) is 3.11. The van der Waals surface area contributed by atoms with E-state index in [9.17, 15) is 9.59 Å². The SMILES string of the molecule is CC(C)(C)C(=O)NOC(=O)OSC1=CC2=CCC3C4CCC[C@@]4(C)CCC3[C@@]2(C)CC1. The van der Waals surface area contributed by atoms with Crippen LogP contribution in [0.5, 0.6) is 0 Å². The Kier molecular flexibility index (Phi) is 5.99. The van der Waals surface area contributed by atoms with Crippen molar-refractivity contribution in [2.75, 3.05) is 0 Å². The van der Waals surface area contributed by atoms with Gasteiger partial charge in [-0.3, -0.25) is 4.79 Å². The second kappa shape index (κ2) is 8.17. The lowest BCUT2D eigenvalue weighted by Gasteiger charge is -2.56. The van der Waals surface area contributed by atoms with Crippen LogP contribution in [0.2, 0.25) is 0 Å². The van der Waals surface area contributed by atoms with Gasteiger partial charge in [-0.2, -0.15) is 5.48 Å². The number of amides is 1. The van der Waals surface area contributed by atoms with Crippen molar-refractivity contribution in [2.45, 2.75) is 86.0 Å². The molecule has 5 atom stereocenters. The third-order valence-electron chi connectivity index (χ3n) is 8.64. The molecule has 0 aliphatic heterocycles. The molecular weight excluding hydrogens is 410 g/mol. The van der Waals surface area contributed by atoms with Gasteiger partial charge in [-0.25, -0.2) is 4.79 Å². The molecule has 2 fully saturated rings. The van der Waals surface area contributed by atoms with Crippen molar-refractivity contribution in [2.24, 2.45) is 34.0 Å². The van der Waals surface area contributed by atoms with E-state index in [0.717, 1.165) is 47.5 Å². The van der Waals surface area contributed by atoms with Crippen LogP contribution in [0, 0.1) is 34.0 Å². The summed E-state index contributed by atoms with van der Waals surface area (Å²) in [6.45, 7) is 10.2. The van der Waals surface area contributed by atoms with Crippen LogP contribution < -0.4 is 5.48 Å². The van der Waals surface area contributed by atoms with E-state index in [2.05, 4.69) is 31.5 Å². The predicted molar refractivity (Wildman–Crippen MR) is 123 cm³/mol. The highest BCUT2D eigenvalue weighted by atomic mass is 32.2. The first-order chi connectivity index (χ1) is 14.5. The minimum atomic E-state index is -0.901. The van der Waals surface area contributed by atoms with Crippen LogP contribution in [0.15, 0.2) is 22.6 Å². The van der Waals surface area contributed by atoms with Gasteiger partial charge in [0, 0.05) is 10.3 Å². The average molecular weight is 448 g/mol. The Bertz CT molecular complexity index is 813. The van der Waals surface area contributed by atoms with Crippen LogP contribution >= 0.6 is 12.0 Å². The van der Waals surface area contributed by atoms with Crippen molar-refractivity contribution in [1.29, 1.82) is 0 Å². The van der Waals surface area contributed by atoms with E-state index in [0.29, 0.717) is 5.41 Å². The maximum Gasteiger partial charge on any atom is 0.546 e. The molecule has 5 nitrogen and oxygen atoms in total. The third-order valence-corrected chi connectivity index (χ3v) is 9.39. The molecule has 4 rings (SSSR count). The van der Waals surface area contributed by atoms with Gasteiger partial charge in [0.15, 0.2) is 0 Å². The molecule has 0 aromatic carbocycles. The highest BCUT2D eigenvalue weighted by Gasteiger charge is 2.55. The van der Waals surface area contributed by atoms with E-state index < -0.39 is 11.6 Å². The first-order valence-corrected chi connectivity index (χ1v) is 12.5. The first-order valence-electron chi connectivity index (χ1n) is 11.8. The maximum atomic E-state index is 11.9. The predicted octanol–water partition coefficient (Wildman–Crippen LogP) is 6.71. The molecule has 0 aromatic rings. The molecule has 1 amide bonds. The number of rotatable bonds is 2. The number of hydrogen-bond donors (Lipinski definition) is 1. The molecule has 172 valence electrons. The molecule has 1 N–H and O–H groups in total. The second-order valence-electron chi connectivity index (χ2n) is 11.6. The normalized spacial score (nSPS) is 36.9. The Balaban J connectivity index is 1.37. The van der Waals surface area contributed by atoms with Crippen LogP contribution in [-0.4, -0.2) is 12.1 Å². The highest BCUT2D eigenvalue weighted by Crippen LogP contribution is 2.64. The summed E-state index contributed by atoms with van der Waals surface area (Å²) in [6.07, 6.45) is 13.9. The van der Waals surface area contributed by atoms with E-state index in [-0.39, 0.29) is 11.3 Å². The Morgan fingerprint density at radius 3 is 2.65 bits per heavy atom. The van der Waals surface area contributed by atoms with Gasteiger partial charge in [0.05, 0.1) is 12.0 Å². The third kappa shape index (κ3) is 4.29. The molecule has 0 bridgehead atoms. The van der Waals surface area contributed by atoms with Crippen molar-refractivity contribution >= 4 is 24.1 Å². The minimum Gasteiger partial charge on any atom is -0.353 e. The topological polar surface area (TPSA) is 64.6 Å². The summed E-state index contributed by atoms with van der Waals surface area (Å²) < 4.78 is 5.18. The molecule has 0 aromatic heterocycles. The molecule has 0 spiro atoms. The van der Waals surface area contributed by atoms with Crippen molar-refractivity contribution in [3.63, 3.8) is 0 Å². The van der Waals surface area contributed by atoms with E-state index in [4.69, 9.17) is 9.02 Å². The number of nitrogens with one attached hydrogen (secondary N) is 1. The number of hydroxylamine groups is 1. The molecule has 4 aliphatic carbocycles. The van der Waals surface area contributed by atoms with Crippen molar-refractivity contribution in [3.05, 3.63) is 22.6 Å². The monoisotopic (exact) mass is 447 g/mol. The van der Waals surface area contributed by atoms with E-state index in [1.54, 1.807) is 20.8 Å². The lowest BCUT2D eigenvalue weighted by Crippen LogP contribution is -2.47. The Morgan fingerprint density at radius 2 is 1.90 bits per heavy atom. The fraction of sp³-hybridized carbons (Fsp3) is 0.760. The Hall–Kier alpha value is -1.43. The number of allylic oxidation sites excluding steroid dienone is 4. The second-order valence-corrected chi connectivity index (χ2v) is 12.4. The van der Waals surface area contributed by atoms with Gasteiger partial charge in [-0.1, -0.05) is 47.1 Å². The highest BCUT2D eigenvalue weighted by molar-refractivity contribution is 7.98. The summed E-state index contributed by atoms with van der Waals surface area (Å²) in [4.78, 5) is 29.5. The van der Waals surface area contributed by atoms with E-state index in [1.165, 1.54) is 44.1 Å². The van der Waals surface area contributed by atoms with Gasteiger partial charge >= 0.3 is 6.16 Å². The Morgan fingerprint density at radius 1 is 1.13 bits per heavy atom. The standard InChI is InChI=1S/C25H37NO4S/c1-23(2,3)21(27)26-29-22(28)30-31-17-10-14-25(5)16(15-17)8-9-18-19-7-6-12-24(19,4)13-11-20(18)25/h8,15,18-20H,6-7,9-14H2,1-5H3,(H,26,27)/t18?,19?,20?,24-,25-/m0/s1. The number of carbonyl (C=O) groups excluding carboxylic acids is 2. The summed E-state index contributed by atoms with van der Waals surface area (Å²) in [6, 6.07) is 0. The van der Waals surface area contributed by atoms with Gasteiger partial charge in [0.1, 0.15) is 0 Å². The van der Waals surface area contributed by atoms with Crippen LogP contribution in [0.3, 0.4) is 0 Å². The van der Waals surface area contributed by atoms with Crippen LogP contribution in [0.25, 0.3) is 0 Å². The van der Waals surface area contributed by atoms with E-state index >= 15 is 0 Å². The molecule has 3 unspecified atom stereocenters. The summed E-state index contributed by atoms with van der Waals surface area (Å²) >= 11 is 1.06. The van der Waals surface area contributed by atoms with Crippen molar-refractivity contribution < 1.29 is 18.6 Å². The maximum absolute atomic E-state index is 11.9. The summed E-state index contributed by atoms with van der Waals surface area (Å²) in [5, 5.41) is 0. The lowest BCUT2D eigenvalue weighted by molar-refractivity contribution is -0.138. The first kappa shape index (κ1) is 22.8. The molecule has 31 heavy (non-hydrogen) atoms. The van der Waals surface area contributed by atoms with Gasteiger partial charge in [0.25, 0.3) is 5.91 Å². The molecule has 0 radical (unpaired) electrons. The molecular formula is C25H37NO4S. The molecule has 6 heteroatoms. The van der Waals surface area contributed by atoms with Crippen LogP contribution in [0.1, 0.15) is 86.0 Å². The van der Waals surface area contributed by atoms with Crippen molar-refractivity contribution in [3.8, 4) is 0 Å². The van der Waals surface area contributed by atoms with Gasteiger partial charge in [-0.15, -0.1) is 0 Å². The van der Waals surface area contributed by atoms with E-state index in [1.807, 2.05) is 0 Å². The number of carbonyl (C=O) groups is 2. The fourth-order valence-corrected chi connectivity index (χ4v) is 7.27. The number of fused-ring (bicyclic) bond motifs is 5. The smallest absolute Gasteiger partial charge is 0.353 e. The largest absolute Gasteiger partial charge is 0.546 e. The molecule has 0 heterocycles.